The molecule has 1 heterocycles. The minimum atomic E-state index is -0.204. The summed E-state index contributed by atoms with van der Waals surface area (Å²) < 4.78 is 11.8. The van der Waals surface area contributed by atoms with Gasteiger partial charge in [-0.1, -0.05) is 60.6 Å². The summed E-state index contributed by atoms with van der Waals surface area (Å²) in [5, 5.41) is 11.0. The molecule has 5 nitrogen and oxygen atoms in total. The summed E-state index contributed by atoms with van der Waals surface area (Å²) >= 11 is 0. The number of benzene rings is 2. The second-order valence-corrected chi connectivity index (χ2v) is 11.1. The third-order valence-electron chi connectivity index (χ3n) is 6.07. The molecular formula is C29H41ClN2O3. The Bertz CT molecular complexity index is 1060. The third-order valence-corrected chi connectivity index (χ3v) is 6.07. The molecule has 0 radical (unpaired) electrons. The van der Waals surface area contributed by atoms with Crippen LogP contribution < -0.4 is 4.74 Å². The number of aromatic nitrogens is 1. The van der Waals surface area contributed by atoms with Crippen LogP contribution in [0.5, 0.6) is 11.5 Å². The van der Waals surface area contributed by atoms with E-state index in [1.165, 1.54) is 5.56 Å². The standard InChI is InChI=1S/C29H40N2O3.ClH/c1-9-31(8)18-20-10-12-23(13-11-20)33-15-14-22-19-34-27(30-22)21-16-24(28(2,3)4)26(32)25(17-21)29(5,6)7;/h10-13,16-17,19,32H,9,14-15,18H2,1-8H3;1H. The zero-order valence-electron chi connectivity index (χ0n) is 22.4. The van der Waals surface area contributed by atoms with Crippen molar-refractivity contribution >= 4 is 12.4 Å². The first kappa shape index (κ1) is 28.7. The first-order valence-corrected chi connectivity index (χ1v) is 12.1. The molecule has 1 aromatic heterocycles. The third kappa shape index (κ3) is 7.49. The van der Waals surface area contributed by atoms with E-state index < -0.39 is 0 Å². The predicted molar refractivity (Wildman–Crippen MR) is 146 cm³/mol. The number of halogens is 1. The van der Waals surface area contributed by atoms with Gasteiger partial charge in [0.1, 0.15) is 17.8 Å². The largest absolute Gasteiger partial charge is 0.507 e. The Kier molecular flexibility index (Phi) is 9.43. The summed E-state index contributed by atoms with van der Waals surface area (Å²) in [4.78, 5) is 6.97. The van der Waals surface area contributed by atoms with Crippen LogP contribution in [0.4, 0.5) is 0 Å². The number of hydrogen-bond donors (Lipinski definition) is 1. The highest BCUT2D eigenvalue weighted by atomic mass is 35.5. The van der Waals surface area contributed by atoms with Crippen LogP contribution in [0.2, 0.25) is 0 Å². The van der Waals surface area contributed by atoms with Crippen LogP contribution in [0.1, 0.15) is 70.9 Å². The van der Waals surface area contributed by atoms with Crippen molar-refractivity contribution in [3.05, 3.63) is 65.0 Å². The number of phenols is 1. The lowest BCUT2D eigenvalue weighted by Crippen LogP contribution is -2.17. The Hall–Kier alpha value is -2.50. The first-order valence-electron chi connectivity index (χ1n) is 12.1. The highest BCUT2D eigenvalue weighted by Gasteiger charge is 2.27. The van der Waals surface area contributed by atoms with Gasteiger partial charge < -0.3 is 19.2 Å². The number of rotatable bonds is 8. The second-order valence-electron chi connectivity index (χ2n) is 11.1. The zero-order chi connectivity index (χ0) is 25.1. The van der Waals surface area contributed by atoms with Crippen LogP contribution in [0, 0.1) is 0 Å². The topological polar surface area (TPSA) is 58.7 Å². The molecule has 0 unspecified atom stereocenters. The molecule has 0 aliphatic heterocycles. The van der Waals surface area contributed by atoms with E-state index in [-0.39, 0.29) is 23.2 Å². The molecule has 0 saturated carbocycles. The molecule has 2 aromatic carbocycles. The van der Waals surface area contributed by atoms with Crippen molar-refractivity contribution in [2.75, 3.05) is 20.2 Å². The van der Waals surface area contributed by atoms with Crippen LogP contribution in [0.15, 0.2) is 47.1 Å². The van der Waals surface area contributed by atoms with Crippen LogP contribution >= 0.6 is 12.4 Å². The van der Waals surface area contributed by atoms with Crippen molar-refractivity contribution in [3.8, 4) is 23.0 Å². The lowest BCUT2D eigenvalue weighted by molar-refractivity contribution is 0.319. The van der Waals surface area contributed by atoms with Gasteiger partial charge in [-0.15, -0.1) is 12.4 Å². The van der Waals surface area contributed by atoms with E-state index in [9.17, 15) is 5.11 Å². The van der Waals surface area contributed by atoms with Gasteiger partial charge in [-0.3, -0.25) is 0 Å². The van der Waals surface area contributed by atoms with E-state index in [2.05, 4.69) is 72.5 Å². The van der Waals surface area contributed by atoms with Crippen LogP contribution in [0.3, 0.4) is 0 Å². The van der Waals surface area contributed by atoms with Crippen molar-refractivity contribution in [3.63, 3.8) is 0 Å². The van der Waals surface area contributed by atoms with Crippen LogP contribution in [-0.2, 0) is 23.8 Å². The fraction of sp³-hybridized carbons (Fsp3) is 0.483. The number of hydrogen-bond acceptors (Lipinski definition) is 5. The summed E-state index contributed by atoms with van der Waals surface area (Å²) in [5.41, 5.74) is 4.39. The van der Waals surface area contributed by atoms with E-state index in [1.54, 1.807) is 6.26 Å². The molecule has 0 fully saturated rings. The molecule has 35 heavy (non-hydrogen) atoms. The highest BCUT2D eigenvalue weighted by molar-refractivity contribution is 5.85. The summed E-state index contributed by atoms with van der Waals surface area (Å²) in [5.74, 6) is 1.78. The lowest BCUT2D eigenvalue weighted by Gasteiger charge is -2.27. The molecule has 6 heteroatoms. The Labute approximate surface area is 216 Å². The molecule has 0 aliphatic rings. The Morgan fingerprint density at radius 3 is 2.06 bits per heavy atom. The van der Waals surface area contributed by atoms with Gasteiger partial charge in [0.25, 0.3) is 0 Å². The van der Waals surface area contributed by atoms with Crippen LogP contribution in [0.25, 0.3) is 11.5 Å². The van der Waals surface area contributed by atoms with E-state index in [0.717, 1.165) is 41.2 Å². The maximum Gasteiger partial charge on any atom is 0.226 e. The van der Waals surface area contributed by atoms with Gasteiger partial charge in [0.2, 0.25) is 5.89 Å². The van der Waals surface area contributed by atoms with Crippen molar-refractivity contribution in [1.82, 2.24) is 9.88 Å². The molecule has 0 aliphatic carbocycles. The number of ether oxygens (including phenoxy) is 1. The van der Waals surface area contributed by atoms with Crippen molar-refractivity contribution < 1.29 is 14.3 Å². The Morgan fingerprint density at radius 1 is 0.971 bits per heavy atom. The molecule has 1 N–H and O–H groups in total. The quantitative estimate of drug-likeness (QED) is 0.356. The molecule has 3 rings (SSSR count). The van der Waals surface area contributed by atoms with Gasteiger partial charge in [0.05, 0.1) is 12.3 Å². The van der Waals surface area contributed by atoms with Gasteiger partial charge in [-0.25, -0.2) is 4.98 Å². The minimum absolute atomic E-state index is 0. The number of nitrogens with zero attached hydrogens (tertiary/aromatic N) is 2. The molecule has 192 valence electrons. The fourth-order valence-corrected chi connectivity index (χ4v) is 3.84. The average molecular weight is 501 g/mol. The zero-order valence-corrected chi connectivity index (χ0v) is 23.3. The summed E-state index contributed by atoms with van der Waals surface area (Å²) in [6, 6.07) is 12.2. The molecule has 0 amide bonds. The highest BCUT2D eigenvalue weighted by Crippen LogP contribution is 2.41. The van der Waals surface area contributed by atoms with Gasteiger partial charge >= 0.3 is 0 Å². The van der Waals surface area contributed by atoms with Crippen molar-refractivity contribution in [1.29, 1.82) is 0 Å². The van der Waals surface area contributed by atoms with Gasteiger partial charge in [0, 0.05) is 29.7 Å². The molecule has 0 bridgehead atoms. The fourth-order valence-electron chi connectivity index (χ4n) is 3.84. The summed E-state index contributed by atoms with van der Waals surface area (Å²) in [7, 11) is 2.11. The molecule has 0 saturated heterocycles. The van der Waals surface area contributed by atoms with Crippen molar-refractivity contribution in [2.24, 2.45) is 0 Å². The predicted octanol–water partition coefficient (Wildman–Crippen LogP) is 7.14. The monoisotopic (exact) mass is 500 g/mol. The molecule has 3 aromatic rings. The maximum atomic E-state index is 11.0. The SMILES string of the molecule is CCN(C)Cc1ccc(OCCc2coc(-c3cc(C(C)(C)C)c(O)c(C(C)(C)C)c3)n2)cc1.Cl. The van der Waals surface area contributed by atoms with Gasteiger partial charge in [-0.05, 0) is 54.3 Å². The van der Waals surface area contributed by atoms with Gasteiger partial charge in [-0.2, -0.15) is 0 Å². The summed E-state index contributed by atoms with van der Waals surface area (Å²) in [6.45, 7) is 17.3. The Balaban J connectivity index is 0.00000432. The smallest absolute Gasteiger partial charge is 0.226 e. The number of oxazole rings is 1. The lowest BCUT2D eigenvalue weighted by atomic mass is 9.78. The first-order chi connectivity index (χ1) is 15.9. The Morgan fingerprint density at radius 2 is 1.54 bits per heavy atom. The number of phenolic OH excluding ortho intramolecular Hbond substituents is 1. The van der Waals surface area contributed by atoms with E-state index in [4.69, 9.17) is 14.1 Å². The normalized spacial score (nSPS) is 12.0. The average Bonchev–Trinajstić information content (AvgIpc) is 3.22. The maximum absolute atomic E-state index is 11.0. The van der Waals surface area contributed by atoms with Crippen LogP contribution in [-0.4, -0.2) is 35.2 Å². The second kappa shape index (κ2) is 11.5. The van der Waals surface area contributed by atoms with E-state index in [1.807, 2.05) is 24.3 Å². The molecule has 0 spiro atoms. The van der Waals surface area contributed by atoms with E-state index in [0.29, 0.717) is 24.7 Å². The minimum Gasteiger partial charge on any atom is -0.507 e. The van der Waals surface area contributed by atoms with Gasteiger partial charge in [0.15, 0.2) is 0 Å². The van der Waals surface area contributed by atoms with E-state index >= 15 is 0 Å². The van der Waals surface area contributed by atoms with Crippen molar-refractivity contribution in [2.45, 2.75) is 72.3 Å². The molecule has 0 atom stereocenters. The summed E-state index contributed by atoms with van der Waals surface area (Å²) in [6.07, 6.45) is 2.35. The number of aromatic hydroxyl groups is 1. The molecular weight excluding hydrogens is 460 g/mol.